The molecule has 1 amide bonds. The molecular formula is C19H26N2O. The molecule has 0 aromatic heterocycles. The Morgan fingerprint density at radius 2 is 2.23 bits per heavy atom. The van der Waals surface area contributed by atoms with Crippen LogP contribution in [0.3, 0.4) is 0 Å². The summed E-state index contributed by atoms with van der Waals surface area (Å²) in [6.45, 7) is 3.06. The molecule has 3 heteroatoms. The zero-order valence-electron chi connectivity index (χ0n) is 13.4. The Labute approximate surface area is 133 Å². The predicted molar refractivity (Wildman–Crippen MR) is 91.6 cm³/mol. The molecule has 0 radical (unpaired) electrons. The number of para-hydroxylation sites is 1. The molecule has 0 bridgehead atoms. The largest absolute Gasteiger partial charge is 0.369 e. The standard InChI is InChI=1S/C19H26N2O/c1-2-3-12-19(18(20)22)13-6-11-17(19)21-14-7-9-15-8-4-5-10-16(15)21/h4-5,7-10,17H,2-3,6,11-14H2,1H3,(H2,20,22). The van der Waals surface area contributed by atoms with Crippen molar-refractivity contribution in [2.75, 3.05) is 11.4 Å². The molecule has 118 valence electrons. The average Bonchev–Trinajstić information content (AvgIpc) is 2.97. The number of carbonyl (C=O) groups is 1. The lowest BCUT2D eigenvalue weighted by Gasteiger charge is -2.42. The van der Waals surface area contributed by atoms with Gasteiger partial charge in [0.25, 0.3) is 0 Å². The van der Waals surface area contributed by atoms with Gasteiger partial charge in [0.1, 0.15) is 0 Å². The van der Waals surface area contributed by atoms with Crippen molar-refractivity contribution in [2.24, 2.45) is 11.1 Å². The van der Waals surface area contributed by atoms with Gasteiger partial charge in [-0.3, -0.25) is 4.79 Å². The number of hydrogen-bond donors (Lipinski definition) is 1. The van der Waals surface area contributed by atoms with Gasteiger partial charge in [0, 0.05) is 18.3 Å². The van der Waals surface area contributed by atoms with E-state index in [1.807, 2.05) is 0 Å². The van der Waals surface area contributed by atoms with Crippen LogP contribution in [-0.4, -0.2) is 18.5 Å². The number of hydrogen-bond acceptors (Lipinski definition) is 2. The third-order valence-electron chi connectivity index (χ3n) is 5.43. The van der Waals surface area contributed by atoms with Crippen LogP contribution in [0.5, 0.6) is 0 Å². The summed E-state index contributed by atoms with van der Waals surface area (Å²) in [6.07, 6.45) is 10.6. The van der Waals surface area contributed by atoms with Crippen LogP contribution >= 0.6 is 0 Å². The third kappa shape index (κ3) is 2.43. The first-order valence-corrected chi connectivity index (χ1v) is 8.51. The van der Waals surface area contributed by atoms with Gasteiger partial charge in [0.05, 0.1) is 5.41 Å². The van der Waals surface area contributed by atoms with Crippen LogP contribution in [0.2, 0.25) is 0 Å². The van der Waals surface area contributed by atoms with Gasteiger partial charge in [-0.25, -0.2) is 0 Å². The first-order chi connectivity index (χ1) is 10.7. The van der Waals surface area contributed by atoms with Crippen molar-refractivity contribution in [1.29, 1.82) is 0 Å². The molecule has 2 N–H and O–H groups in total. The summed E-state index contributed by atoms with van der Waals surface area (Å²) >= 11 is 0. The van der Waals surface area contributed by atoms with Crippen molar-refractivity contribution < 1.29 is 4.79 Å². The minimum absolute atomic E-state index is 0.101. The van der Waals surface area contributed by atoms with Crippen molar-refractivity contribution in [2.45, 2.75) is 51.5 Å². The summed E-state index contributed by atoms with van der Waals surface area (Å²) in [6, 6.07) is 8.70. The second-order valence-electron chi connectivity index (χ2n) is 6.65. The van der Waals surface area contributed by atoms with Crippen LogP contribution in [0.1, 0.15) is 51.0 Å². The van der Waals surface area contributed by atoms with E-state index in [0.717, 1.165) is 45.1 Å². The lowest BCUT2D eigenvalue weighted by molar-refractivity contribution is -0.128. The van der Waals surface area contributed by atoms with E-state index in [0.29, 0.717) is 0 Å². The number of benzene rings is 1. The van der Waals surface area contributed by atoms with E-state index < -0.39 is 0 Å². The molecule has 3 rings (SSSR count). The lowest BCUT2D eigenvalue weighted by Crippen LogP contribution is -2.52. The summed E-state index contributed by atoms with van der Waals surface area (Å²) in [5.74, 6) is -0.101. The van der Waals surface area contributed by atoms with E-state index >= 15 is 0 Å². The molecule has 1 fully saturated rings. The Morgan fingerprint density at radius 1 is 1.41 bits per heavy atom. The molecule has 0 spiro atoms. The predicted octanol–water partition coefficient (Wildman–Crippen LogP) is 3.73. The molecule has 1 aromatic rings. The number of unbranched alkanes of at least 4 members (excludes halogenated alkanes) is 1. The fourth-order valence-electron chi connectivity index (χ4n) is 4.28. The van der Waals surface area contributed by atoms with Crippen molar-refractivity contribution in [3.05, 3.63) is 35.9 Å². The summed E-state index contributed by atoms with van der Waals surface area (Å²) < 4.78 is 0. The number of nitrogens with two attached hydrogens (primary N) is 1. The highest BCUT2D eigenvalue weighted by atomic mass is 16.1. The smallest absolute Gasteiger partial charge is 0.225 e. The topological polar surface area (TPSA) is 46.3 Å². The van der Waals surface area contributed by atoms with Crippen molar-refractivity contribution in [1.82, 2.24) is 0 Å². The van der Waals surface area contributed by atoms with E-state index in [1.54, 1.807) is 0 Å². The normalized spacial score (nSPS) is 27.0. The van der Waals surface area contributed by atoms with Crippen LogP contribution < -0.4 is 10.6 Å². The maximum atomic E-state index is 12.4. The van der Waals surface area contributed by atoms with Gasteiger partial charge in [0.15, 0.2) is 0 Å². The van der Waals surface area contributed by atoms with Crippen LogP contribution in [0, 0.1) is 5.41 Å². The highest BCUT2D eigenvalue weighted by Gasteiger charge is 2.49. The summed E-state index contributed by atoms with van der Waals surface area (Å²) in [5, 5.41) is 0. The fraction of sp³-hybridized carbons (Fsp3) is 0.526. The number of rotatable bonds is 5. The van der Waals surface area contributed by atoms with Gasteiger partial charge in [-0.05, 0) is 30.9 Å². The number of fused-ring (bicyclic) bond motifs is 1. The van der Waals surface area contributed by atoms with E-state index in [4.69, 9.17) is 5.73 Å². The molecule has 1 saturated carbocycles. The number of carbonyl (C=O) groups excluding carboxylic acids is 1. The van der Waals surface area contributed by atoms with Crippen molar-refractivity contribution in [3.8, 4) is 0 Å². The van der Waals surface area contributed by atoms with Crippen LogP contribution in [0.25, 0.3) is 6.08 Å². The number of anilines is 1. The molecule has 1 heterocycles. The van der Waals surface area contributed by atoms with Gasteiger partial charge in [0.2, 0.25) is 5.91 Å². The second kappa shape index (κ2) is 6.15. The minimum atomic E-state index is -0.353. The molecule has 2 atom stereocenters. The monoisotopic (exact) mass is 298 g/mol. The van der Waals surface area contributed by atoms with E-state index in [-0.39, 0.29) is 17.4 Å². The molecule has 1 aliphatic heterocycles. The van der Waals surface area contributed by atoms with E-state index in [9.17, 15) is 4.79 Å². The molecule has 1 aromatic carbocycles. The Hall–Kier alpha value is -1.77. The molecule has 2 unspecified atom stereocenters. The van der Waals surface area contributed by atoms with Gasteiger partial charge in [-0.1, -0.05) is 56.5 Å². The van der Waals surface area contributed by atoms with Crippen LogP contribution in [-0.2, 0) is 4.79 Å². The van der Waals surface area contributed by atoms with Gasteiger partial charge in [-0.15, -0.1) is 0 Å². The van der Waals surface area contributed by atoms with Gasteiger partial charge >= 0.3 is 0 Å². The first kappa shape index (κ1) is 15.1. The van der Waals surface area contributed by atoms with Crippen LogP contribution in [0.15, 0.2) is 30.3 Å². The maximum Gasteiger partial charge on any atom is 0.225 e. The Morgan fingerprint density at radius 3 is 3.00 bits per heavy atom. The molecule has 1 aliphatic carbocycles. The zero-order valence-corrected chi connectivity index (χ0v) is 13.4. The van der Waals surface area contributed by atoms with Gasteiger partial charge < -0.3 is 10.6 Å². The van der Waals surface area contributed by atoms with Crippen molar-refractivity contribution >= 4 is 17.7 Å². The Kier molecular flexibility index (Phi) is 4.23. The zero-order chi connectivity index (χ0) is 15.6. The van der Waals surface area contributed by atoms with Gasteiger partial charge in [-0.2, -0.15) is 0 Å². The number of amides is 1. The van der Waals surface area contributed by atoms with E-state index in [2.05, 4.69) is 48.2 Å². The highest BCUT2D eigenvalue weighted by molar-refractivity contribution is 5.83. The molecule has 3 nitrogen and oxygen atoms in total. The Balaban J connectivity index is 1.96. The summed E-state index contributed by atoms with van der Waals surface area (Å²) in [7, 11) is 0. The SMILES string of the molecule is CCCCC1(C(N)=O)CCCC1N1CC=Cc2ccccc21. The molecule has 2 aliphatic rings. The minimum Gasteiger partial charge on any atom is -0.369 e. The molecular weight excluding hydrogens is 272 g/mol. The molecule has 0 saturated heterocycles. The number of primary amides is 1. The van der Waals surface area contributed by atoms with Crippen molar-refractivity contribution in [3.63, 3.8) is 0 Å². The highest BCUT2D eigenvalue weighted by Crippen LogP contribution is 2.47. The maximum absolute atomic E-state index is 12.4. The summed E-state index contributed by atoms with van der Waals surface area (Å²) in [5.41, 5.74) is 8.05. The van der Waals surface area contributed by atoms with E-state index in [1.165, 1.54) is 11.3 Å². The fourth-order valence-corrected chi connectivity index (χ4v) is 4.28. The third-order valence-corrected chi connectivity index (χ3v) is 5.43. The molecule has 22 heavy (non-hydrogen) atoms. The Bertz CT molecular complexity index is 581. The van der Waals surface area contributed by atoms with Crippen LogP contribution in [0.4, 0.5) is 5.69 Å². The first-order valence-electron chi connectivity index (χ1n) is 8.51. The summed E-state index contributed by atoms with van der Waals surface area (Å²) in [4.78, 5) is 14.8. The second-order valence-corrected chi connectivity index (χ2v) is 6.65. The number of nitrogens with zero attached hydrogens (tertiary/aromatic N) is 1. The average molecular weight is 298 g/mol. The quantitative estimate of drug-likeness (QED) is 0.900. The lowest BCUT2D eigenvalue weighted by atomic mass is 9.76.